The van der Waals surface area contributed by atoms with Gasteiger partial charge in [-0.05, 0) is 35.4 Å². The van der Waals surface area contributed by atoms with Crippen molar-refractivity contribution in [2.75, 3.05) is 24.7 Å². The second-order valence-corrected chi connectivity index (χ2v) is 7.95. The van der Waals surface area contributed by atoms with Gasteiger partial charge in [-0.15, -0.1) is 0 Å². The zero-order valence-corrected chi connectivity index (χ0v) is 18.1. The Labute approximate surface area is 178 Å². The minimum Gasteiger partial charge on any atom is -0.383 e. The second-order valence-electron chi connectivity index (χ2n) is 7.10. The van der Waals surface area contributed by atoms with Crippen molar-refractivity contribution in [3.05, 3.63) is 70.6 Å². The van der Waals surface area contributed by atoms with Gasteiger partial charge in [-0.1, -0.05) is 41.1 Å². The summed E-state index contributed by atoms with van der Waals surface area (Å²) in [5, 5.41) is 0.789. The lowest BCUT2D eigenvalue weighted by Gasteiger charge is -2.18. The molecule has 0 radical (unpaired) electrons. The average Bonchev–Trinajstić information content (AvgIpc) is 2.73. The lowest BCUT2D eigenvalue weighted by atomic mass is 9.90. The fourth-order valence-corrected chi connectivity index (χ4v) is 4.03. The van der Waals surface area contributed by atoms with Gasteiger partial charge in [-0.3, -0.25) is 0 Å². The first-order valence-corrected chi connectivity index (χ1v) is 10.0. The minimum atomic E-state index is 0.0668. The lowest BCUT2D eigenvalue weighted by Crippen LogP contribution is -2.10. The molecule has 0 bridgehead atoms. The van der Waals surface area contributed by atoms with E-state index in [0.29, 0.717) is 11.5 Å². The number of halogens is 1. The lowest BCUT2D eigenvalue weighted by molar-refractivity contribution is 0.922. The molecule has 0 fully saturated rings. The van der Waals surface area contributed by atoms with Crippen LogP contribution in [0.1, 0.15) is 24.0 Å². The Bertz CT molecular complexity index is 1170. The molecule has 1 aromatic carbocycles. The Morgan fingerprint density at radius 1 is 1.00 bits per heavy atom. The summed E-state index contributed by atoms with van der Waals surface area (Å²) in [6, 6.07) is 14.3. The summed E-state index contributed by atoms with van der Waals surface area (Å²) < 4.78 is 1.05. The first-order valence-electron chi connectivity index (χ1n) is 9.25. The van der Waals surface area contributed by atoms with Gasteiger partial charge in [0.25, 0.3) is 0 Å². The second kappa shape index (κ2) is 7.75. The number of hydrogen-bond donors (Lipinski definition) is 1. The third-order valence-corrected chi connectivity index (χ3v) is 5.73. The molecule has 3 aromatic heterocycles. The average molecular weight is 449 g/mol. The first kappa shape index (κ1) is 19.3. The quantitative estimate of drug-likeness (QED) is 0.489. The van der Waals surface area contributed by atoms with Crippen molar-refractivity contribution in [3.8, 4) is 11.3 Å². The smallest absolute Gasteiger partial charge is 0.165 e. The van der Waals surface area contributed by atoms with E-state index in [9.17, 15) is 0 Å². The van der Waals surface area contributed by atoms with Crippen LogP contribution in [0, 0.1) is 0 Å². The monoisotopic (exact) mass is 448 g/mol. The third kappa shape index (κ3) is 3.65. The van der Waals surface area contributed by atoms with Crippen LogP contribution in [0.4, 0.5) is 11.6 Å². The molecular weight excluding hydrogens is 428 g/mol. The summed E-state index contributed by atoms with van der Waals surface area (Å²) >= 11 is 3.67. The number of hydrogen-bond acceptors (Lipinski definition) is 6. The molecule has 0 aliphatic rings. The van der Waals surface area contributed by atoms with E-state index < -0.39 is 0 Å². The topological polar surface area (TPSA) is 80.8 Å². The molecule has 3 heterocycles. The first-order chi connectivity index (χ1) is 14.0. The summed E-state index contributed by atoms with van der Waals surface area (Å²) in [5.74, 6) is 1.39. The molecule has 0 aliphatic heterocycles. The highest BCUT2D eigenvalue weighted by Crippen LogP contribution is 2.36. The number of benzene rings is 1. The highest BCUT2D eigenvalue weighted by atomic mass is 79.9. The fourth-order valence-electron chi connectivity index (χ4n) is 3.40. The number of nitrogens with two attached hydrogens (primary N) is 1. The van der Waals surface area contributed by atoms with E-state index in [1.165, 1.54) is 6.33 Å². The number of nitrogen functional groups attached to an aromatic ring is 1. The van der Waals surface area contributed by atoms with Crippen LogP contribution in [-0.2, 0) is 0 Å². The molecule has 4 rings (SSSR count). The summed E-state index contributed by atoms with van der Waals surface area (Å²) in [4.78, 5) is 19.8. The maximum atomic E-state index is 6.23. The van der Waals surface area contributed by atoms with Crippen molar-refractivity contribution in [2.24, 2.45) is 0 Å². The molecule has 1 atom stereocenters. The fraction of sp³-hybridized carbons (Fsp3) is 0.182. The van der Waals surface area contributed by atoms with E-state index in [-0.39, 0.29) is 5.92 Å². The number of aromatic nitrogens is 4. The molecule has 2 N–H and O–H groups in total. The molecule has 0 saturated heterocycles. The van der Waals surface area contributed by atoms with Crippen molar-refractivity contribution in [3.63, 3.8) is 0 Å². The van der Waals surface area contributed by atoms with Gasteiger partial charge in [-0.25, -0.2) is 19.9 Å². The Balaban J connectivity index is 1.92. The van der Waals surface area contributed by atoms with Gasteiger partial charge >= 0.3 is 0 Å². The number of fused-ring (bicyclic) bond motifs is 1. The molecule has 6 nitrogen and oxygen atoms in total. The van der Waals surface area contributed by atoms with E-state index in [1.807, 2.05) is 55.5 Å². The van der Waals surface area contributed by atoms with Crippen LogP contribution in [0.3, 0.4) is 0 Å². The Morgan fingerprint density at radius 2 is 1.79 bits per heavy atom. The number of rotatable bonds is 4. The van der Waals surface area contributed by atoms with Crippen molar-refractivity contribution >= 4 is 38.6 Å². The molecule has 29 heavy (non-hydrogen) atoms. The molecule has 0 spiro atoms. The molecule has 4 aromatic rings. The van der Waals surface area contributed by atoms with Gasteiger partial charge in [0.2, 0.25) is 0 Å². The van der Waals surface area contributed by atoms with Gasteiger partial charge in [0.1, 0.15) is 18.0 Å². The maximum Gasteiger partial charge on any atom is 0.165 e. The van der Waals surface area contributed by atoms with Crippen LogP contribution >= 0.6 is 15.9 Å². The number of pyridine rings is 2. The minimum absolute atomic E-state index is 0.0668. The van der Waals surface area contributed by atoms with Crippen LogP contribution < -0.4 is 10.6 Å². The molecule has 0 saturated carbocycles. The Kier molecular flexibility index (Phi) is 5.15. The van der Waals surface area contributed by atoms with E-state index >= 15 is 0 Å². The summed E-state index contributed by atoms with van der Waals surface area (Å²) in [6.07, 6.45) is 3.29. The van der Waals surface area contributed by atoms with Crippen LogP contribution in [0.15, 0.2) is 59.5 Å². The van der Waals surface area contributed by atoms with Gasteiger partial charge in [-0.2, -0.15) is 0 Å². The number of anilines is 2. The summed E-state index contributed by atoms with van der Waals surface area (Å²) in [7, 11) is 3.93. The predicted molar refractivity (Wildman–Crippen MR) is 121 cm³/mol. The van der Waals surface area contributed by atoms with Gasteiger partial charge < -0.3 is 10.6 Å². The van der Waals surface area contributed by atoms with E-state index in [1.54, 1.807) is 0 Å². The van der Waals surface area contributed by atoms with Gasteiger partial charge in [0.15, 0.2) is 5.65 Å². The summed E-state index contributed by atoms with van der Waals surface area (Å²) in [5.41, 5.74) is 10.7. The van der Waals surface area contributed by atoms with E-state index in [2.05, 4.69) is 49.9 Å². The van der Waals surface area contributed by atoms with E-state index in [0.717, 1.165) is 38.1 Å². The molecule has 1 unspecified atom stereocenters. The van der Waals surface area contributed by atoms with Crippen LogP contribution in [0.2, 0.25) is 0 Å². The summed E-state index contributed by atoms with van der Waals surface area (Å²) in [6.45, 7) is 2.15. The molecule has 0 amide bonds. The number of nitrogens with zero attached hydrogens (tertiary/aromatic N) is 5. The third-order valence-electron chi connectivity index (χ3n) is 5.00. The predicted octanol–water partition coefficient (Wildman–Crippen LogP) is 4.65. The Morgan fingerprint density at radius 3 is 2.48 bits per heavy atom. The van der Waals surface area contributed by atoms with Crippen LogP contribution in [0.5, 0.6) is 0 Å². The SMILES string of the molecule is CC(c1ccccc1Br)c1cc(-c2ccc(N(C)C)nc2)nc2ncnc(N)c12. The molecular formula is C22H21BrN6. The zero-order chi connectivity index (χ0) is 20.5. The largest absolute Gasteiger partial charge is 0.383 e. The highest BCUT2D eigenvalue weighted by molar-refractivity contribution is 9.10. The normalized spacial score (nSPS) is 12.1. The molecule has 7 heteroatoms. The maximum absolute atomic E-state index is 6.23. The zero-order valence-electron chi connectivity index (χ0n) is 16.5. The highest BCUT2D eigenvalue weighted by Gasteiger charge is 2.19. The van der Waals surface area contributed by atoms with Gasteiger partial charge in [0, 0.05) is 36.2 Å². The van der Waals surface area contributed by atoms with Crippen molar-refractivity contribution in [1.29, 1.82) is 0 Å². The van der Waals surface area contributed by atoms with Crippen LogP contribution in [-0.4, -0.2) is 34.0 Å². The standard InChI is InChI=1S/C22H21BrN6/c1-13(15-6-4-5-7-17(15)23)16-10-18(14-8-9-19(25-11-14)29(2)3)28-22-20(16)21(24)26-12-27-22/h4-13H,1-3H3,(H2,24,26,27,28). The Hall–Kier alpha value is -3.06. The van der Waals surface area contributed by atoms with E-state index in [4.69, 9.17) is 10.7 Å². The van der Waals surface area contributed by atoms with Crippen LogP contribution in [0.25, 0.3) is 22.3 Å². The van der Waals surface area contributed by atoms with Gasteiger partial charge in [0.05, 0.1) is 11.1 Å². The van der Waals surface area contributed by atoms with Crippen molar-refractivity contribution in [2.45, 2.75) is 12.8 Å². The van der Waals surface area contributed by atoms with Crippen molar-refractivity contribution in [1.82, 2.24) is 19.9 Å². The van der Waals surface area contributed by atoms with Crippen molar-refractivity contribution < 1.29 is 0 Å². The molecule has 146 valence electrons. The molecule has 0 aliphatic carbocycles.